The molecule has 198 valence electrons. The molecule has 0 bridgehead atoms. The maximum absolute atomic E-state index is 13.2. The second-order valence-electron chi connectivity index (χ2n) is 8.13. The van der Waals surface area contributed by atoms with Crippen LogP contribution >= 0.6 is 23.4 Å². The Hall–Kier alpha value is -3.83. The van der Waals surface area contributed by atoms with Gasteiger partial charge in [-0.2, -0.15) is 0 Å². The number of aromatic nitrogens is 3. The Balaban J connectivity index is 1.64. The number of nitro groups is 1. The molecule has 9 nitrogen and oxygen atoms in total. The van der Waals surface area contributed by atoms with Gasteiger partial charge in [0, 0.05) is 10.6 Å². The molecule has 0 aliphatic heterocycles. The molecular weight excluding hydrogens is 535 g/mol. The van der Waals surface area contributed by atoms with Crippen molar-refractivity contribution < 1.29 is 23.5 Å². The van der Waals surface area contributed by atoms with Gasteiger partial charge in [-0.1, -0.05) is 35.5 Å². The number of methoxy groups -OCH3 is 2. The van der Waals surface area contributed by atoms with E-state index in [0.717, 1.165) is 11.3 Å². The molecule has 0 saturated carbocycles. The SMILES string of the molecule is COc1ccc(-n2c(C)nnc2S[C@H](C[N+](=O)[O-])c2cc(Cl)c(OCc3ccc(F)cc3)c(OC)c2)cc1. The minimum atomic E-state index is -0.664. The second-order valence-corrected chi connectivity index (χ2v) is 9.71. The van der Waals surface area contributed by atoms with Gasteiger partial charge in [-0.05, 0) is 66.6 Å². The van der Waals surface area contributed by atoms with Crippen LogP contribution < -0.4 is 14.2 Å². The summed E-state index contributed by atoms with van der Waals surface area (Å²) in [5.41, 5.74) is 2.09. The van der Waals surface area contributed by atoms with E-state index in [1.807, 2.05) is 28.8 Å². The van der Waals surface area contributed by atoms with Crippen LogP contribution in [0.15, 0.2) is 65.8 Å². The van der Waals surface area contributed by atoms with E-state index < -0.39 is 16.7 Å². The number of benzene rings is 3. The summed E-state index contributed by atoms with van der Waals surface area (Å²) in [6, 6.07) is 16.5. The fourth-order valence-corrected chi connectivity index (χ4v) is 5.15. The zero-order chi connectivity index (χ0) is 27.2. The van der Waals surface area contributed by atoms with E-state index in [1.165, 1.54) is 31.0 Å². The quantitative estimate of drug-likeness (QED) is 0.124. The Labute approximate surface area is 227 Å². The Kier molecular flexibility index (Phi) is 8.70. The maximum Gasteiger partial charge on any atom is 0.220 e. The number of ether oxygens (including phenoxy) is 3. The molecule has 0 aliphatic carbocycles. The highest BCUT2D eigenvalue weighted by molar-refractivity contribution is 7.99. The molecule has 4 rings (SSSR count). The molecule has 0 spiro atoms. The third-order valence-corrected chi connectivity index (χ3v) is 7.07. The predicted molar refractivity (Wildman–Crippen MR) is 142 cm³/mol. The predicted octanol–water partition coefficient (Wildman–Crippen LogP) is 6.07. The Bertz CT molecular complexity index is 1420. The van der Waals surface area contributed by atoms with Crippen LogP contribution in [0.3, 0.4) is 0 Å². The van der Waals surface area contributed by atoms with Crippen LogP contribution in [0.1, 0.15) is 22.2 Å². The molecule has 1 atom stereocenters. The monoisotopic (exact) mass is 558 g/mol. The van der Waals surface area contributed by atoms with E-state index in [4.69, 9.17) is 25.8 Å². The number of halogens is 2. The molecule has 0 aliphatic rings. The van der Waals surface area contributed by atoms with Crippen molar-refractivity contribution in [3.63, 3.8) is 0 Å². The molecule has 0 amide bonds. The van der Waals surface area contributed by atoms with E-state index in [9.17, 15) is 14.5 Å². The van der Waals surface area contributed by atoms with Crippen LogP contribution in [0.2, 0.25) is 5.02 Å². The van der Waals surface area contributed by atoms with Gasteiger partial charge in [-0.3, -0.25) is 14.7 Å². The fourth-order valence-electron chi connectivity index (χ4n) is 3.72. The third kappa shape index (κ3) is 6.35. The molecule has 0 saturated heterocycles. The summed E-state index contributed by atoms with van der Waals surface area (Å²) in [7, 11) is 3.04. The number of nitrogens with zero attached hydrogens (tertiary/aromatic N) is 4. The molecule has 0 N–H and O–H groups in total. The molecule has 3 aromatic carbocycles. The summed E-state index contributed by atoms with van der Waals surface area (Å²) >= 11 is 7.75. The summed E-state index contributed by atoms with van der Waals surface area (Å²) in [5, 5.41) is 20.1. The van der Waals surface area contributed by atoms with Crippen molar-refractivity contribution in [2.45, 2.75) is 23.9 Å². The lowest BCUT2D eigenvalue weighted by molar-refractivity contribution is -0.479. The highest BCUT2D eigenvalue weighted by atomic mass is 35.5. The summed E-state index contributed by atoms with van der Waals surface area (Å²) in [6.45, 7) is 1.54. The first kappa shape index (κ1) is 27.2. The van der Waals surface area contributed by atoms with E-state index in [2.05, 4.69) is 10.2 Å². The average Bonchev–Trinajstić information content (AvgIpc) is 3.27. The zero-order valence-electron chi connectivity index (χ0n) is 20.8. The molecule has 4 aromatic rings. The highest BCUT2D eigenvalue weighted by Crippen LogP contribution is 2.43. The van der Waals surface area contributed by atoms with Crippen molar-refractivity contribution in [1.29, 1.82) is 0 Å². The van der Waals surface area contributed by atoms with E-state index in [0.29, 0.717) is 28.0 Å². The first-order valence-electron chi connectivity index (χ1n) is 11.4. The molecule has 12 heteroatoms. The lowest BCUT2D eigenvalue weighted by atomic mass is 10.1. The van der Waals surface area contributed by atoms with Crippen molar-refractivity contribution in [1.82, 2.24) is 14.8 Å². The first-order valence-corrected chi connectivity index (χ1v) is 12.6. The lowest BCUT2D eigenvalue weighted by Gasteiger charge is -2.18. The van der Waals surface area contributed by atoms with Crippen LogP contribution in [0.5, 0.6) is 17.2 Å². The summed E-state index contributed by atoms with van der Waals surface area (Å²) in [5.74, 6) is 1.57. The number of aryl methyl sites for hydroxylation is 1. The van der Waals surface area contributed by atoms with E-state index >= 15 is 0 Å². The lowest BCUT2D eigenvalue weighted by Crippen LogP contribution is -2.12. The van der Waals surface area contributed by atoms with Crippen LogP contribution in [0, 0.1) is 22.9 Å². The van der Waals surface area contributed by atoms with Crippen LogP contribution in [0.4, 0.5) is 4.39 Å². The minimum Gasteiger partial charge on any atom is -0.497 e. The minimum absolute atomic E-state index is 0.132. The Morgan fingerprint density at radius 2 is 1.79 bits per heavy atom. The van der Waals surface area contributed by atoms with E-state index in [-0.39, 0.29) is 23.2 Å². The molecular formula is C26H24ClFN4O5S. The van der Waals surface area contributed by atoms with Crippen molar-refractivity contribution >= 4 is 23.4 Å². The van der Waals surface area contributed by atoms with Crippen molar-refractivity contribution in [3.05, 3.63) is 98.6 Å². The van der Waals surface area contributed by atoms with Crippen molar-refractivity contribution in [2.24, 2.45) is 0 Å². The number of rotatable bonds is 11. The summed E-state index contributed by atoms with van der Waals surface area (Å²) in [4.78, 5) is 11.2. The molecule has 38 heavy (non-hydrogen) atoms. The second kappa shape index (κ2) is 12.1. The van der Waals surface area contributed by atoms with Gasteiger partial charge in [-0.25, -0.2) is 4.39 Å². The summed E-state index contributed by atoms with van der Waals surface area (Å²) in [6.07, 6.45) is 0. The number of hydrogen-bond donors (Lipinski definition) is 0. The molecule has 0 unspecified atom stereocenters. The van der Waals surface area contributed by atoms with E-state index in [1.54, 1.807) is 38.3 Å². The normalized spacial score (nSPS) is 11.7. The summed E-state index contributed by atoms with van der Waals surface area (Å²) < 4.78 is 31.6. The van der Waals surface area contributed by atoms with Gasteiger partial charge in [-0.15, -0.1) is 10.2 Å². The van der Waals surface area contributed by atoms with Crippen LogP contribution in [0.25, 0.3) is 5.69 Å². The van der Waals surface area contributed by atoms with Gasteiger partial charge < -0.3 is 14.2 Å². The Morgan fingerprint density at radius 1 is 1.08 bits per heavy atom. The van der Waals surface area contributed by atoms with Crippen LogP contribution in [-0.2, 0) is 6.61 Å². The van der Waals surface area contributed by atoms with Crippen LogP contribution in [-0.4, -0.2) is 40.5 Å². The molecule has 0 fully saturated rings. The standard InChI is InChI=1S/C26H24ClFN4O5S/c1-16-29-30-26(32(16)20-8-10-21(35-2)11-9-20)38-24(14-31(33)34)18-12-22(27)25(23(13-18)36-3)37-15-17-4-6-19(28)7-5-17/h4-13,24H,14-15H2,1-3H3/t24-/m1/s1. The number of thioether (sulfide) groups is 1. The zero-order valence-corrected chi connectivity index (χ0v) is 22.3. The van der Waals surface area contributed by atoms with Gasteiger partial charge >= 0.3 is 0 Å². The average molecular weight is 559 g/mol. The smallest absolute Gasteiger partial charge is 0.220 e. The topological polar surface area (TPSA) is 102 Å². The number of hydrogen-bond acceptors (Lipinski definition) is 8. The molecule has 1 heterocycles. The maximum atomic E-state index is 13.2. The molecule has 1 aromatic heterocycles. The van der Waals surface area contributed by atoms with Gasteiger partial charge in [0.05, 0.1) is 19.2 Å². The van der Waals surface area contributed by atoms with Gasteiger partial charge in [0.1, 0.15) is 29.2 Å². The van der Waals surface area contributed by atoms with Gasteiger partial charge in [0.2, 0.25) is 6.54 Å². The van der Waals surface area contributed by atoms with Gasteiger partial charge in [0.15, 0.2) is 16.7 Å². The van der Waals surface area contributed by atoms with Crippen molar-refractivity contribution in [3.8, 4) is 22.9 Å². The third-order valence-electron chi connectivity index (χ3n) is 5.61. The van der Waals surface area contributed by atoms with Gasteiger partial charge in [0.25, 0.3) is 0 Å². The fraction of sp³-hybridized carbons (Fsp3) is 0.231. The highest BCUT2D eigenvalue weighted by Gasteiger charge is 2.26. The largest absolute Gasteiger partial charge is 0.497 e. The Morgan fingerprint density at radius 3 is 2.42 bits per heavy atom. The molecule has 0 radical (unpaired) electrons. The van der Waals surface area contributed by atoms with Crippen molar-refractivity contribution in [2.75, 3.05) is 20.8 Å². The first-order chi connectivity index (χ1) is 18.3.